The van der Waals surface area contributed by atoms with Gasteiger partial charge in [0.15, 0.2) is 0 Å². The van der Waals surface area contributed by atoms with Crippen LogP contribution in [0.1, 0.15) is 35.2 Å². The van der Waals surface area contributed by atoms with Crippen molar-refractivity contribution >= 4 is 27.4 Å². The first-order chi connectivity index (χ1) is 14.0. The van der Waals surface area contributed by atoms with Crippen LogP contribution in [0.2, 0.25) is 0 Å². The fourth-order valence-corrected chi connectivity index (χ4v) is 4.33. The van der Waals surface area contributed by atoms with E-state index in [4.69, 9.17) is 5.11 Å². The van der Waals surface area contributed by atoms with Gasteiger partial charge < -0.3 is 10.0 Å². The second kappa shape index (κ2) is 8.13. The van der Waals surface area contributed by atoms with Gasteiger partial charge in [-0.25, -0.2) is 17.6 Å². The summed E-state index contributed by atoms with van der Waals surface area (Å²) in [6.45, 7) is 1.11. The van der Waals surface area contributed by atoms with Crippen LogP contribution in [0.5, 0.6) is 0 Å². The first kappa shape index (κ1) is 21.9. The molecule has 162 valence electrons. The summed E-state index contributed by atoms with van der Waals surface area (Å²) in [6, 6.07) is 4.92. The standard InChI is InChI=1S/C19H18F4N2O4S/c20-15-6-5-13(11-14(15)18(26)27)30(28,29)24-16-10-12(19(21,22)23)4-7-17(16)25-8-2-1-3-9-25/h4-7,10-11,24H,1-3,8-9H2,(H,26,27). The lowest BCUT2D eigenvalue weighted by Crippen LogP contribution is -2.30. The Balaban J connectivity index is 2.05. The predicted octanol–water partition coefficient (Wildman–Crippen LogP) is 4.33. The zero-order valence-electron chi connectivity index (χ0n) is 15.5. The highest BCUT2D eigenvalue weighted by atomic mass is 32.2. The first-order valence-corrected chi connectivity index (χ1v) is 10.5. The molecule has 1 saturated heterocycles. The number of nitrogens with one attached hydrogen (secondary N) is 1. The Morgan fingerprint density at radius 2 is 1.70 bits per heavy atom. The van der Waals surface area contributed by atoms with Crippen LogP contribution in [0, 0.1) is 5.82 Å². The van der Waals surface area contributed by atoms with E-state index in [0.717, 1.165) is 31.4 Å². The van der Waals surface area contributed by atoms with Gasteiger partial charge in [0.25, 0.3) is 10.0 Å². The Bertz CT molecular complexity index is 1060. The SMILES string of the molecule is O=C(O)c1cc(S(=O)(=O)Nc2cc(C(F)(F)F)ccc2N2CCCCC2)ccc1F. The van der Waals surface area contributed by atoms with Crippen LogP contribution in [0.15, 0.2) is 41.3 Å². The highest BCUT2D eigenvalue weighted by molar-refractivity contribution is 7.92. The minimum Gasteiger partial charge on any atom is -0.478 e. The quantitative estimate of drug-likeness (QED) is 0.668. The van der Waals surface area contributed by atoms with Gasteiger partial charge in [-0.15, -0.1) is 0 Å². The van der Waals surface area contributed by atoms with Gasteiger partial charge in [-0.1, -0.05) is 0 Å². The number of carbonyl (C=O) groups is 1. The van der Waals surface area contributed by atoms with Gasteiger partial charge in [-0.05, 0) is 55.7 Å². The Hall–Kier alpha value is -2.82. The van der Waals surface area contributed by atoms with E-state index in [1.807, 2.05) is 0 Å². The number of aromatic carboxylic acids is 1. The minimum atomic E-state index is -4.69. The van der Waals surface area contributed by atoms with Crippen molar-refractivity contribution in [2.45, 2.75) is 30.3 Å². The van der Waals surface area contributed by atoms with E-state index >= 15 is 0 Å². The van der Waals surface area contributed by atoms with Crippen LogP contribution in [0.3, 0.4) is 0 Å². The maximum Gasteiger partial charge on any atom is 0.416 e. The Kier molecular flexibility index (Phi) is 5.93. The van der Waals surface area contributed by atoms with E-state index in [1.54, 1.807) is 4.90 Å². The fourth-order valence-electron chi connectivity index (χ4n) is 3.24. The number of halogens is 4. The number of piperidine rings is 1. The molecule has 0 atom stereocenters. The van der Waals surface area contributed by atoms with Crippen molar-refractivity contribution in [1.29, 1.82) is 0 Å². The van der Waals surface area contributed by atoms with Gasteiger partial charge >= 0.3 is 12.1 Å². The van der Waals surface area contributed by atoms with Crippen molar-refractivity contribution in [3.05, 3.63) is 53.3 Å². The molecule has 2 N–H and O–H groups in total. The third-order valence-corrected chi connectivity index (χ3v) is 6.11. The highest BCUT2D eigenvalue weighted by Gasteiger charge is 2.32. The third kappa shape index (κ3) is 4.66. The molecule has 2 aromatic carbocycles. The number of hydrogen-bond donors (Lipinski definition) is 2. The molecule has 0 spiro atoms. The van der Waals surface area contributed by atoms with E-state index in [2.05, 4.69) is 4.72 Å². The van der Waals surface area contributed by atoms with Crippen LogP contribution in [-0.2, 0) is 16.2 Å². The average Bonchev–Trinajstić information content (AvgIpc) is 2.67. The van der Waals surface area contributed by atoms with Crippen LogP contribution < -0.4 is 9.62 Å². The molecule has 0 radical (unpaired) electrons. The average molecular weight is 446 g/mol. The van der Waals surface area contributed by atoms with E-state index in [-0.39, 0.29) is 11.4 Å². The number of benzene rings is 2. The molecular formula is C19H18F4N2O4S. The lowest BCUT2D eigenvalue weighted by Gasteiger charge is -2.31. The van der Waals surface area contributed by atoms with E-state index in [1.165, 1.54) is 6.07 Å². The number of sulfonamides is 1. The summed E-state index contributed by atoms with van der Waals surface area (Å²) in [5, 5.41) is 9.00. The third-order valence-electron chi connectivity index (χ3n) is 4.74. The summed E-state index contributed by atoms with van der Waals surface area (Å²) in [4.78, 5) is 12.3. The summed E-state index contributed by atoms with van der Waals surface area (Å²) in [5.41, 5.74) is -1.90. The van der Waals surface area contributed by atoms with E-state index in [0.29, 0.717) is 31.3 Å². The van der Waals surface area contributed by atoms with Crippen molar-refractivity contribution in [3.63, 3.8) is 0 Å². The summed E-state index contributed by atoms with van der Waals surface area (Å²) < 4.78 is 80.8. The van der Waals surface area contributed by atoms with Crippen molar-refractivity contribution in [2.24, 2.45) is 0 Å². The molecule has 11 heteroatoms. The van der Waals surface area contributed by atoms with Crippen molar-refractivity contribution in [1.82, 2.24) is 0 Å². The zero-order chi connectivity index (χ0) is 22.1. The second-order valence-electron chi connectivity index (χ2n) is 6.83. The molecule has 6 nitrogen and oxygen atoms in total. The molecule has 2 aromatic rings. The number of rotatable bonds is 5. The Morgan fingerprint density at radius 3 is 2.30 bits per heavy atom. The summed E-state index contributed by atoms with van der Waals surface area (Å²) >= 11 is 0. The number of hydrogen-bond acceptors (Lipinski definition) is 4. The molecule has 30 heavy (non-hydrogen) atoms. The number of carboxylic acid groups (broad SMARTS) is 1. The number of anilines is 2. The molecule has 0 unspecified atom stereocenters. The van der Waals surface area contributed by atoms with Crippen molar-refractivity contribution < 1.29 is 35.9 Å². The molecule has 1 aliphatic heterocycles. The zero-order valence-corrected chi connectivity index (χ0v) is 16.4. The van der Waals surface area contributed by atoms with E-state index < -0.39 is 44.0 Å². The normalized spacial score (nSPS) is 15.1. The number of nitrogens with zero attached hydrogens (tertiary/aromatic N) is 1. The monoisotopic (exact) mass is 446 g/mol. The van der Waals surface area contributed by atoms with Gasteiger partial charge in [-0.3, -0.25) is 4.72 Å². The Labute approximate surface area is 170 Å². The molecule has 1 heterocycles. The molecular weight excluding hydrogens is 428 g/mol. The van der Waals surface area contributed by atoms with E-state index in [9.17, 15) is 30.8 Å². The van der Waals surface area contributed by atoms with Crippen LogP contribution >= 0.6 is 0 Å². The molecule has 1 fully saturated rings. The van der Waals surface area contributed by atoms with Crippen molar-refractivity contribution in [2.75, 3.05) is 22.7 Å². The van der Waals surface area contributed by atoms with Crippen LogP contribution in [0.4, 0.5) is 28.9 Å². The van der Waals surface area contributed by atoms with Crippen molar-refractivity contribution in [3.8, 4) is 0 Å². The largest absolute Gasteiger partial charge is 0.478 e. The molecule has 0 amide bonds. The topological polar surface area (TPSA) is 86.7 Å². The van der Waals surface area contributed by atoms with Gasteiger partial charge in [0.05, 0.1) is 27.4 Å². The maximum absolute atomic E-state index is 13.6. The van der Waals surface area contributed by atoms with Crippen LogP contribution in [-0.4, -0.2) is 32.6 Å². The summed E-state index contributed by atoms with van der Waals surface area (Å²) in [7, 11) is -4.48. The number of alkyl halides is 3. The van der Waals surface area contributed by atoms with Gasteiger partial charge in [0.2, 0.25) is 0 Å². The smallest absolute Gasteiger partial charge is 0.416 e. The van der Waals surface area contributed by atoms with Gasteiger partial charge in [-0.2, -0.15) is 13.2 Å². The molecule has 0 aromatic heterocycles. The predicted molar refractivity (Wildman–Crippen MR) is 102 cm³/mol. The summed E-state index contributed by atoms with van der Waals surface area (Å²) in [5.74, 6) is -2.80. The molecule has 3 rings (SSSR count). The fraction of sp³-hybridized carbons (Fsp3) is 0.316. The van der Waals surface area contributed by atoms with Gasteiger partial charge in [0.1, 0.15) is 5.82 Å². The number of carboxylic acids is 1. The lowest BCUT2D eigenvalue weighted by atomic mass is 10.1. The molecule has 0 aliphatic carbocycles. The van der Waals surface area contributed by atoms with Gasteiger partial charge in [0, 0.05) is 13.1 Å². The lowest BCUT2D eigenvalue weighted by molar-refractivity contribution is -0.137. The molecule has 1 aliphatic rings. The van der Waals surface area contributed by atoms with Crippen LogP contribution in [0.25, 0.3) is 0 Å². The second-order valence-corrected chi connectivity index (χ2v) is 8.51. The maximum atomic E-state index is 13.6. The first-order valence-electron chi connectivity index (χ1n) is 9.01. The minimum absolute atomic E-state index is 0.284. The molecule has 0 bridgehead atoms. The summed E-state index contributed by atoms with van der Waals surface area (Å²) in [6.07, 6.45) is -2.10. The molecule has 0 saturated carbocycles. The highest BCUT2D eigenvalue weighted by Crippen LogP contribution is 2.37. The Morgan fingerprint density at radius 1 is 1.03 bits per heavy atom.